The first kappa shape index (κ1) is 16.7. The third-order valence-electron chi connectivity index (χ3n) is 4.07. The van der Waals surface area contributed by atoms with E-state index in [1.807, 2.05) is 60.7 Å². The van der Waals surface area contributed by atoms with Gasteiger partial charge in [0.15, 0.2) is 0 Å². The van der Waals surface area contributed by atoms with E-state index in [2.05, 4.69) is 0 Å². The van der Waals surface area contributed by atoms with Gasteiger partial charge in [-0.15, -0.1) is 0 Å². The molecule has 0 radical (unpaired) electrons. The van der Waals surface area contributed by atoms with Crippen molar-refractivity contribution in [2.24, 2.45) is 0 Å². The van der Waals surface area contributed by atoms with E-state index in [1.165, 1.54) is 0 Å². The number of esters is 1. The van der Waals surface area contributed by atoms with Crippen LogP contribution in [-0.2, 0) is 32.2 Å². The Morgan fingerprint density at radius 1 is 0.958 bits per heavy atom. The summed E-state index contributed by atoms with van der Waals surface area (Å²) in [5, 5.41) is 0. The molecule has 3 rings (SSSR count). The zero-order valence-corrected chi connectivity index (χ0v) is 13.6. The van der Waals surface area contributed by atoms with Crippen LogP contribution in [0.5, 0.6) is 0 Å². The Hall–Kier alpha value is -2.17. The molecule has 0 spiro atoms. The molecule has 0 N–H and O–H groups in total. The summed E-state index contributed by atoms with van der Waals surface area (Å²) in [6.45, 7) is 1.45. The highest BCUT2D eigenvalue weighted by Crippen LogP contribution is 2.22. The minimum Gasteiger partial charge on any atom is -0.461 e. The maximum Gasteiger partial charge on any atom is 0.308 e. The molecule has 1 saturated heterocycles. The number of carbonyl (C=O) groups excluding carboxylic acids is 1. The van der Waals surface area contributed by atoms with Crippen LogP contribution >= 0.6 is 0 Å². The second kappa shape index (κ2) is 8.62. The normalized spacial score (nSPS) is 20.0. The molecule has 1 aliphatic rings. The summed E-state index contributed by atoms with van der Waals surface area (Å²) in [4.78, 5) is 12.0. The van der Waals surface area contributed by atoms with Crippen molar-refractivity contribution in [2.75, 3.05) is 6.61 Å². The summed E-state index contributed by atoms with van der Waals surface area (Å²) in [6.07, 6.45) is 0.752. The van der Waals surface area contributed by atoms with E-state index < -0.39 is 0 Å². The summed E-state index contributed by atoms with van der Waals surface area (Å²) in [7, 11) is 0. The topological polar surface area (TPSA) is 44.8 Å². The van der Waals surface area contributed by atoms with Gasteiger partial charge in [0.05, 0.1) is 25.2 Å². The largest absolute Gasteiger partial charge is 0.461 e. The number of rotatable bonds is 7. The Balaban J connectivity index is 1.44. The molecule has 4 nitrogen and oxygen atoms in total. The highest BCUT2D eigenvalue weighted by Gasteiger charge is 2.31. The Morgan fingerprint density at radius 3 is 2.25 bits per heavy atom. The van der Waals surface area contributed by atoms with Gasteiger partial charge in [0, 0.05) is 6.61 Å². The second-order valence-electron chi connectivity index (χ2n) is 5.88. The molecule has 0 aromatic heterocycles. The fraction of sp³-hybridized carbons (Fsp3) is 0.350. The lowest BCUT2D eigenvalue weighted by atomic mass is 10.1. The van der Waals surface area contributed by atoms with Gasteiger partial charge >= 0.3 is 5.97 Å². The van der Waals surface area contributed by atoms with Gasteiger partial charge in [-0.2, -0.15) is 0 Å². The molecule has 24 heavy (non-hydrogen) atoms. The SMILES string of the molecule is O=C(C[C@H]1OCC[C@@H]1OCc1ccccc1)OCc1ccccc1. The van der Waals surface area contributed by atoms with Gasteiger partial charge in [-0.3, -0.25) is 4.79 Å². The number of hydrogen-bond acceptors (Lipinski definition) is 4. The van der Waals surface area contributed by atoms with E-state index in [-0.39, 0.29) is 24.6 Å². The number of hydrogen-bond donors (Lipinski definition) is 0. The van der Waals surface area contributed by atoms with Crippen LogP contribution in [-0.4, -0.2) is 24.8 Å². The van der Waals surface area contributed by atoms with Gasteiger partial charge in [0.1, 0.15) is 6.61 Å². The van der Waals surface area contributed by atoms with Crippen LogP contribution in [0.4, 0.5) is 0 Å². The van der Waals surface area contributed by atoms with E-state index in [0.29, 0.717) is 19.8 Å². The van der Waals surface area contributed by atoms with E-state index >= 15 is 0 Å². The van der Waals surface area contributed by atoms with Crippen molar-refractivity contribution in [1.29, 1.82) is 0 Å². The average molecular weight is 326 g/mol. The standard InChI is InChI=1S/C20H22O4/c21-20(24-15-17-9-5-2-6-10-17)13-19-18(11-12-22-19)23-14-16-7-3-1-4-8-16/h1-10,18-19H,11-15H2/t18-,19+/m0/s1. The van der Waals surface area contributed by atoms with Crippen molar-refractivity contribution in [2.45, 2.75) is 38.3 Å². The molecule has 2 aromatic rings. The molecular formula is C20H22O4. The second-order valence-corrected chi connectivity index (χ2v) is 5.88. The lowest BCUT2D eigenvalue weighted by Gasteiger charge is -2.18. The van der Waals surface area contributed by atoms with Crippen molar-refractivity contribution in [3.8, 4) is 0 Å². The van der Waals surface area contributed by atoms with Crippen molar-refractivity contribution in [1.82, 2.24) is 0 Å². The first-order valence-corrected chi connectivity index (χ1v) is 8.28. The highest BCUT2D eigenvalue weighted by molar-refractivity contribution is 5.70. The molecule has 126 valence electrons. The Kier molecular flexibility index (Phi) is 5.99. The molecule has 0 bridgehead atoms. The molecular weight excluding hydrogens is 304 g/mol. The number of ether oxygens (including phenoxy) is 3. The minimum absolute atomic E-state index is 0.0607. The van der Waals surface area contributed by atoms with Crippen LogP contribution < -0.4 is 0 Å². The van der Waals surface area contributed by atoms with Gasteiger partial charge in [-0.25, -0.2) is 0 Å². The molecule has 0 unspecified atom stereocenters. The zero-order chi connectivity index (χ0) is 16.6. The van der Waals surface area contributed by atoms with Gasteiger partial charge in [0.2, 0.25) is 0 Å². The van der Waals surface area contributed by atoms with Gasteiger partial charge in [-0.05, 0) is 17.5 Å². The maximum absolute atomic E-state index is 12.0. The molecule has 0 amide bonds. The zero-order valence-electron chi connectivity index (χ0n) is 13.6. The average Bonchev–Trinajstić information content (AvgIpc) is 3.07. The first-order chi connectivity index (χ1) is 11.8. The van der Waals surface area contributed by atoms with E-state index in [0.717, 1.165) is 17.5 Å². The van der Waals surface area contributed by atoms with Gasteiger partial charge < -0.3 is 14.2 Å². The van der Waals surface area contributed by atoms with Crippen molar-refractivity contribution < 1.29 is 19.0 Å². The Bertz CT molecular complexity index is 627. The first-order valence-electron chi connectivity index (χ1n) is 8.28. The van der Waals surface area contributed by atoms with Crippen molar-refractivity contribution in [3.63, 3.8) is 0 Å². The summed E-state index contributed by atoms with van der Waals surface area (Å²) in [5.41, 5.74) is 2.10. The molecule has 2 atom stereocenters. The summed E-state index contributed by atoms with van der Waals surface area (Å²) in [6, 6.07) is 19.7. The fourth-order valence-corrected chi connectivity index (χ4v) is 2.75. The molecule has 1 aliphatic heterocycles. The number of benzene rings is 2. The summed E-state index contributed by atoms with van der Waals surface area (Å²) >= 11 is 0. The van der Waals surface area contributed by atoms with Crippen LogP contribution in [0.3, 0.4) is 0 Å². The monoisotopic (exact) mass is 326 g/mol. The fourth-order valence-electron chi connectivity index (χ4n) is 2.75. The number of carbonyl (C=O) groups is 1. The molecule has 2 aromatic carbocycles. The van der Waals surface area contributed by atoms with Crippen LogP contribution in [0.25, 0.3) is 0 Å². The quantitative estimate of drug-likeness (QED) is 0.731. The van der Waals surface area contributed by atoms with Crippen LogP contribution in [0.15, 0.2) is 60.7 Å². The molecule has 1 heterocycles. The van der Waals surface area contributed by atoms with Crippen molar-refractivity contribution in [3.05, 3.63) is 71.8 Å². The van der Waals surface area contributed by atoms with Gasteiger partial charge in [-0.1, -0.05) is 60.7 Å². The Morgan fingerprint density at radius 2 is 1.58 bits per heavy atom. The van der Waals surface area contributed by atoms with Crippen molar-refractivity contribution >= 4 is 5.97 Å². The van der Waals surface area contributed by atoms with Crippen LogP contribution in [0.1, 0.15) is 24.0 Å². The van der Waals surface area contributed by atoms with E-state index in [1.54, 1.807) is 0 Å². The molecule has 0 saturated carbocycles. The van der Waals surface area contributed by atoms with Gasteiger partial charge in [0.25, 0.3) is 0 Å². The van der Waals surface area contributed by atoms with E-state index in [9.17, 15) is 4.79 Å². The lowest BCUT2D eigenvalue weighted by Crippen LogP contribution is -2.27. The van der Waals surface area contributed by atoms with Crippen LogP contribution in [0.2, 0.25) is 0 Å². The van der Waals surface area contributed by atoms with Crippen LogP contribution in [0, 0.1) is 0 Å². The third kappa shape index (κ3) is 4.91. The van der Waals surface area contributed by atoms with E-state index in [4.69, 9.17) is 14.2 Å². The molecule has 0 aliphatic carbocycles. The molecule has 4 heteroatoms. The highest BCUT2D eigenvalue weighted by atomic mass is 16.6. The summed E-state index contributed by atoms with van der Waals surface area (Å²) < 4.78 is 16.9. The maximum atomic E-state index is 12.0. The summed E-state index contributed by atoms with van der Waals surface area (Å²) in [5.74, 6) is -0.251. The predicted molar refractivity (Wildman–Crippen MR) is 90.2 cm³/mol. The Labute approximate surface area is 142 Å². The smallest absolute Gasteiger partial charge is 0.308 e. The molecule has 1 fully saturated rings. The lowest BCUT2D eigenvalue weighted by molar-refractivity contribution is -0.149. The third-order valence-corrected chi connectivity index (χ3v) is 4.07. The minimum atomic E-state index is -0.251. The predicted octanol–water partition coefficient (Wildman–Crippen LogP) is 3.49.